The van der Waals surface area contributed by atoms with E-state index in [1.165, 1.54) is 17.2 Å². The molecule has 0 bridgehead atoms. The van der Waals surface area contributed by atoms with Crippen molar-refractivity contribution in [2.45, 2.75) is 57.7 Å². The average Bonchev–Trinajstić information content (AvgIpc) is 3.65. The number of anilines is 1. The summed E-state index contributed by atoms with van der Waals surface area (Å²) in [6, 6.07) is 27.8. The number of fused-ring (bicyclic) bond motifs is 1. The molecule has 10 nitrogen and oxygen atoms in total. The summed E-state index contributed by atoms with van der Waals surface area (Å²) in [7, 11) is 0. The number of imide groups is 1. The first-order chi connectivity index (χ1) is 27.2. The van der Waals surface area contributed by atoms with Crippen molar-refractivity contribution in [1.29, 1.82) is 0 Å². The molecule has 0 aliphatic carbocycles. The van der Waals surface area contributed by atoms with Crippen LogP contribution < -0.4 is 16.0 Å². The van der Waals surface area contributed by atoms with E-state index in [1.54, 1.807) is 6.33 Å². The van der Waals surface area contributed by atoms with Crippen molar-refractivity contribution in [3.8, 4) is 22.4 Å². The second kappa shape index (κ2) is 15.8. The van der Waals surface area contributed by atoms with E-state index in [-0.39, 0.29) is 30.0 Å². The Morgan fingerprint density at radius 2 is 1.62 bits per heavy atom. The van der Waals surface area contributed by atoms with Gasteiger partial charge in [-0.25, -0.2) is 18.3 Å². The van der Waals surface area contributed by atoms with Gasteiger partial charge in [0.15, 0.2) is 11.6 Å². The lowest BCUT2D eigenvalue weighted by molar-refractivity contribution is -0.133. The van der Waals surface area contributed by atoms with Gasteiger partial charge in [-0.1, -0.05) is 48.5 Å². The highest BCUT2D eigenvalue weighted by atomic mass is 19.2. The largest absolute Gasteiger partial charge is 0.374 e. The molecule has 1 atom stereocenters. The second-order valence-electron chi connectivity index (χ2n) is 14.6. The summed E-state index contributed by atoms with van der Waals surface area (Å²) in [6.07, 6.45) is 6.57. The smallest absolute Gasteiger partial charge is 0.251 e. The van der Waals surface area contributed by atoms with Crippen LogP contribution in [0.5, 0.6) is 0 Å². The van der Waals surface area contributed by atoms with Crippen molar-refractivity contribution in [2.75, 3.05) is 18.4 Å². The first-order valence-corrected chi connectivity index (χ1v) is 18.9. The van der Waals surface area contributed by atoms with Crippen molar-refractivity contribution in [3.63, 3.8) is 0 Å². The fraction of sp³-hybridized carbons (Fsp3) is 0.250. The first-order valence-electron chi connectivity index (χ1n) is 18.9. The van der Waals surface area contributed by atoms with E-state index in [0.717, 1.165) is 89.3 Å². The van der Waals surface area contributed by atoms with E-state index in [0.29, 0.717) is 18.8 Å². The average molecular weight is 754 g/mol. The molecule has 2 fully saturated rings. The van der Waals surface area contributed by atoms with E-state index in [2.05, 4.69) is 73.4 Å². The zero-order chi connectivity index (χ0) is 38.8. The number of aryl methyl sites for hydroxylation is 1. The number of piperidine rings is 2. The Labute approximate surface area is 323 Å². The normalized spacial score (nSPS) is 16.5. The SMILES string of the molecule is Cc1cc(-c2ncnn3cc(-c4ccc(CN5CCC(c6ccc(N[C@H]7CCC(=O)NC7=O)cc6)CC5)cc4)cc23)ccc1CNC(=O)c1ccc(F)c(F)c1. The summed E-state index contributed by atoms with van der Waals surface area (Å²) in [5.74, 6) is -2.52. The number of nitrogens with one attached hydrogen (secondary N) is 3. The monoisotopic (exact) mass is 753 g/mol. The highest BCUT2D eigenvalue weighted by Crippen LogP contribution is 2.32. The predicted octanol–water partition coefficient (Wildman–Crippen LogP) is 7.18. The molecule has 0 radical (unpaired) electrons. The van der Waals surface area contributed by atoms with Crippen molar-refractivity contribution in [1.82, 2.24) is 30.1 Å². The van der Waals surface area contributed by atoms with Crippen LogP contribution in [0, 0.1) is 18.6 Å². The number of carbonyl (C=O) groups is 3. The van der Waals surface area contributed by atoms with Crippen LogP contribution in [0.2, 0.25) is 0 Å². The summed E-state index contributed by atoms with van der Waals surface area (Å²) < 4.78 is 28.7. The number of aromatic nitrogens is 3. The summed E-state index contributed by atoms with van der Waals surface area (Å²) in [6.45, 7) is 5.11. The van der Waals surface area contributed by atoms with Crippen molar-refractivity contribution >= 4 is 28.9 Å². The van der Waals surface area contributed by atoms with E-state index in [4.69, 9.17) is 0 Å². The Balaban J connectivity index is 0.862. The number of rotatable bonds is 10. The van der Waals surface area contributed by atoms with Gasteiger partial charge in [0.2, 0.25) is 11.8 Å². The number of likely N-dealkylation sites (tertiary alicyclic amines) is 1. The molecule has 2 aliphatic rings. The van der Waals surface area contributed by atoms with E-state index in [9.17, 15) is 23.2 Å². The Kier molecular flexibility index (Phi) is 10.4. The third-order valence-electron chi connectivity index (χ3n) is 10.9. The number of hydrogen-bond acceptors (Lipinski definition) is 7. The van der Waals surface area contributed by atoms with Crippen LogP contribution in [-0.2, 0) is 22.7 Å². The molecule has 4 aromatic carbocycles. The van der Waals surface area contributed by atoms with E-state index in [1.807, 2.05) is 48.0 Å². The van der Waals surface area contributed by atoms with Crippen LogP contribution >= 0.6 is 0 Å². The number of nitrogens with zero attached hydrogens (tertiary/aromatic N) is 4. The molecule has 2 saturated heterocycles. The van der Waals surface area contributed by atoms with Gasteiger partial charge in [-0.3, -0.25) is 24.6 Å². The number of halogens is 2. The Bertz CT molecular complexity index is 2420. The third kappa shape index (κ3) is 8.06. The molecule has 2 aliphatic heterocycles. The maximum Gasteiger partial charge on any atom is 0.251 e. The fourth-order valence-corrected chi connectivity index (χ4v) is 7.64. The molecule has 0 unspecified atom stereocenters. The van der Waals surface area contributed by atoms with Gasteiger partial charge in [0.25, 0.3) is 5.91 Å². The van der Waals surface area contributed by atoms with Gasteiger partial charge in [0, 0.05) is 48.1 Å². The van der Waals surface area contributed by atoms with Crippen LogP contribution in [0.1, 0.15) is 64.2 Å². The molecular formula is C44H41F2N7O3. The van der Waals surface area contributed by atoms with Crippen LogP contribution in [-0.4, -0.2) is 56.4 Å². The minimum Gasteiger partial charge on any atom is -0.374 e. The van der Waals surface area contributed by atoms with Gasteiger partial charge in [0.05, 0.1) is 11.2 Å². The molecule has 2 aromatic heterocycles. The van der Waals surface area contributed by atoms with Crippen LogP contribution in [0.25, 0.3) is 27.9 Å². The number of carbonyl (C=O) groups excluding carboxylic acids is 3. The topological polar surface area (TPSA) is 121 Å². The quantitative estimate of drug-likeness (QED) is 0.127. The highest BCUT2D eigenvalue weighted by molar-refractivity contribution is 6.01. The summed E-state index contributed by atoms with van der Waals surface area (Å²) >= 11 is 0. The van der Waals surface area contributed by atoms with Crippen molar-refractivity contribution in [3.05, 3.63) is 143 Å². The van der Waals surface area contributed by atoms with Gasteiger partial charge >= 0.3 is 0 Å². The lowest BCUT2D eigenvalue weighted by Crippen LogP contribution is -2.47. The molecule has 0 saturated carbocycles. The summed E-state index contributed by atoms with van der Waals surface area (Å²) in [5.41, 5.74) is 10.0. The van der Waals surface area contributed by atoms with E-state index >= 15 is 0 Å². The lowest BCUT2D eigenvalue weighted by atomic mass is 9.89. The predicted molar refractivity (Wildman–Crippen MR) is 210 cm³/mol. The molecule has 0 spiro atoms. The third-order valence-corrected chi connectivity index (χ3v) is 10.9. The molecule has 8 rings (SSSR count). The molecule has 284 valence electrons. The van der Waals surface area contributed by atoms with Gasteiger partial charge < -0.3 is 10.6 Å². The Morgan fingerprint density at radius 1 is 0.857 bits per heavy atom. The van der Waals surface area contributed by atoms with Crippen LogP contribution in [0.4, 0.5) is 14.5 Å². The maximum atomic E-state index is 13.6. The van der Waals surface area contributed by atoms with Gasteiger partial charge in [-0.2, -0.15) is 5.10 Å². The zero-order valence-electron chi connectivity index (χ0n) is 30.9. The maximum absolute atomic E-state index is 13.6. The highest BCUT2D eigenvalue weighted by Gasteiger charge is 2.27. The summed E-state index contributed by atoms with van der Waals surface area (Å²) in [4.78, 5) is 43.2. The molecule has 6 aromatic rings. The number of hydrogen-bond donors (Lipinski definition) is 3. The molecular weight excluding hydrogens is 713 g/mol. The molecule has 3 amide bonds. The standard InChI is InChI=1S/C44H41F2N7O3/c1-27-20-32(6-7-34(27)23-47-43(55)33-10-13-37(45)38(46)21-33)42-40-22-35(25-53(40)49-26-48-42)30-4-2-28(3-5-30)24-52-18-16-31(17-19-52)29-8-11-36(12-9-29)50-39-14-15-41(54)51-44(39)56/h2-13,20-22,25-26,31,39,50H,14-19,23-24H2,1H3,(H,47,55)(H,51,54,56)/t39-/m0/s1. The Morgan fingerprint density at radius 3 is 2.36 bits per heavy atom. The summed E-state index contributed by atoms with van der Waals surface area (Å²) in [5, 5.41) is 12.9. The molecule has 4 heterocycles. The van der Waals surface area contributed by atoms with Gasteiger partial charge in [-0.05, 0) is 115 Å². The number of benzene rings is 4. The van der Waals surface area contributed by atoms with Gasteiger partial charge in [0.1, 0.15) is 12.4 Å². The van der Waals surface area contributed by atoms with Crippen molar-refractivity contribution < 1.29 is 23.2 Å². The first kappa shape index (κ1) is 36.7. The minimum absolute atomic E-state index is 0.0562. The van der Waals surface area contributed by atoms with E-state index < -0.39 is 17.5 Å². The fourth-order valence-electron chi connectivity index (χ4n) is 7.64. The molecule has 56 heavy (non-hydrogen) atoms. The molecule has 12 heteroatoms. The van der Waals surface area contributed by atoms with Gasteiger partial charge in [-0.15, -0.1) is 0 Å². The number of amides is 3. The molecule has 3 N–H and O–H groups in total. The van der Waals surface area contributed by atoms with Crippen LogP contribution in [0.15, 0.2) is 104 Å². The Hall–Kier alpha value is -6.27. The second-order valence-corrected chi connectivity index (χ2v) is 14.6. The lowest BCUT2D eigenvalue weighted by Gasteiger charge is -2.32. The minimum atomic E-state index is -1.06. The van der Waals surface area contributed by atoms with Crippen LogP contribution in [0.3, 0.4) is 0 Å². The van der Waals surface area contributed by atoms with Crippen molar-refractivity contribution in [2.24, 2.45) is 0 Å². The zero-order valence-corrected chi connectivity index (χ0v) is 30.9.